The summed E-state index contributed by atoms with van der Waals surface area (Å²) in [5, 5.41) is 15.0. The van der Waals surface area contributed by atoms with Gasteiger partial charge in [0.25, 0.3) is 5.91 Å². The van der Waals surface area contributed by atoms with Crippen molar-refractivity contribution in [3.05, 3.63) is 87.1 Å². The van der Waals surface area contributed by atoms with Crippen molar-refractivity contribution >= 4 is 29.0 Å². The minimum atomic E-state index is -0.510. The van der Waals surface area contributed by atoms with E-state index in [9.17, 15) is 14.9 Å². The third-order valence-electron chi connectivity index (χ3n) is 4.16. The normalized spacial score (nSPS) is 10.4. The number of nitrogens with one attached hydrogen (secondary N) is 1. The first-order valence-corrected chi connectivity index (χ1v) is 9.34. The lowest BCUT2D eigenvalue weighted by atomic mass is 10.1. The van der Waals surface area contributed by atoms with Gasteiger partial charge >= 0.3 is 5.69 Å². The fraction of sp³-hybridized carbons (Fsp3) is 0.143. The van der Waals surface area contributed by atoms with Crippen molar-refractivity contribution in [2.24, 2.45) is 0 Å². The molecule has 1 aromatic heterocycles. The monoisotopic (exact) mass is 426 g/mol. The topological polar surface area (TPSA) is 97.6 Å². The van der Waals surface area contributed by atoms with Crippen LogP contribution in [0.25, 0.3) is 0 Å². The van der Waals surface area contributed by atoms with Crippen LogP contribution in [-0.4, -0.2) is 34.8 Å². The van der Waals surface area contributed by atoms with Crippen molar-refractivity contribution in [1.29, 1.82) is 0 Å². The van der Waals surface area contributed by atoms with Crippen molar-refractivity contribution in [2.75, 3.05) is 19.4 Å². The average Bonchev–Trinajstić information content (AvgIpc) is 2.74. The van der Waals surface area contributed by atoms with Gasteiger partial charge in [-0.2, -0.15) is 0 Å². The number of carbonyl (C=O) groups is 1. The molecule has 3 rings (SSSR count). The van der Waals surface area contributed by atoms with Crippen LogP contribution in [0.2, 0.25) is 5.02 Å². The molecule has 0 unspecified atom stereocenters. The molecule has 8 nitrogen and oxygen atoms in total. The number of amides is 1. The Kier molecular flexibility index (Phi) is 6.48. The van der Waals surface area contributed by atoms with Gasteiger partial charge in [-0.15, -0.1) is 0 Å². The lowest BCUT2D eigenvalue weighted by molar-refractivity contribution is -0.385. The zero-order valence-corrected chi connectivity index (χ0v) is 17.1. The van der Waals surface area contributed by atoms with Gasteiger partial charge in [0.15, 0.2) is 0 Å². The second-order valence-corrected chi connectivity index (χ2v) is 6.98. The van der Waals surface area contributed by atoms with Crippen LogP contribution in [0.15, 0.2) is 60.8 Å². The van der Waals surface area contributed by atoms with Gasteiger partial charge in [-0.1, -0.05) is 29.8 Å². The summed E-state index contributed by atoms with van der Waals surface area (Å²) in [6.45, 7) is 0.278. The third-order valence-corrected chi connectivity index (χ3v) is 4.48. The van der Waals surface area contributed by atoms with Crippen LogP contribution in [0.1, 0.15) is 15.9 Å². The lowest BCUT2D eigenvalue weighted by Gasteiger charge is -2.12. The highest BCUT2D eigenvalue weighted by molar-refractivity contribution is 6.32. The van der Waals surface area contributed by atoms with E-state index in [-0.39, 0.29) is 23.9 Å². The molecule has 1 N–H and O–H groups in total. The molecule has 0 fully saturated rings. The number of rotatable bonds is 7. The molecule has 3 aromatic rings. The number of carbonyl (C=O) groups excluding carboxylic acids is 1. The number of ether oxygens (including phenoxy) is 1. The molecule has 2 aromatic carbocycles. The van der Waals surface area contributed by atoms with Gasteiger partial charge in [0, 0.05) is 38.5 Å². The minimum Gasteiger partial charge on any atom is -0.449 e. The second-order valence-electron chi connectivity index (χ2n) is 6.57. The van der Waals surface area contributed by atoms with Crippen molar-refractivity contribution in [3.8, 4) is 11.5 Å². The Morgan fingerprint density at radius 1 is 1.17 bits per heavy atom. The maximum atomic E-state index is 12.1. The number of halogens is 1. The van der Waals surface area contributed by atoms with Crippen LogP contribution in [0.3, 0.4) is 0 Å². The van der Waals surface area contributed by atoms with Gasteiger partial charge in [-0.3, -0.25) is 14.9 Å². The van der Waals surface area contributed by atoms with Crippen molar-refractivity contribution < 1.29 is 14.5 Å². The summed E-state index contributed by atoms with van der Waals surface area (Å²) in [6.07, 6.45) is 1.53. The molecule has 1 heterocycles. The largest absolute Gasteiger partial charge is 0.449 e. The van der Waals surface area contributed by atoms with Crippen LogP contribution in [0, 0.1) is 10.1 Å². The molecule has 0 aliphatic heterocycles. The number of anilines is 1. The van der Waals surface area contributed by atoms with E-state index in [2.05, 4.69) is 10.3 Å². The SMILES string of the molecule is CN(C)C(=O)c1ccnc(NCc2ccc(Oc3ccccc3Cl)c([N+](=O)[O-])c2)c1. The molecule has 1 amide bonds. The van der Waals surface area contributed by atoms with Crippen LogP contribution >= 0.6 is 11.6 Å². The first-order chi connectivity index (χ1) is 14.3. The molecule has 154 valence electrons. The molecular weight excluding hydrogens is 408 g/mol. The van der Waals surface area contributed by atoms with E-state index < -0.39 is 4.92 Å². The quantitative estimate of drug-likeness (QED) is 0.432. The van der Waals surface area contributed by atoms with Crippen molar-refractivity contribution in [1.82, 2.24) is 9.88 Å². The smallest absolute Gasteiger partial charge is 0.311 e. The van der Waals surface area contributed by atoms with E-state index in [1.54, 1.807) is 56.6 Å². The number of aromatic nitrogens is 1. The summed E-state index contributed by atoms with van der Waals surface area (Å²) in [7, 11) is 3.34. The standard InChI is InChI=1S/C21H19ClN4O4/c1-25(2)21(27)15-9-10-23-20(12-15)24-13-14-7-8-19(17(11-14)26(28)29)30-18-6-4-3-5-16(18)22/h3-12H,13H2,1-2H3,(H,23,24). The van der Waals surface area contributed by atoms with Gasteiger partial charge in [-0.25, -0.2) is 4.98 Å². The summed E-state index contributed by atoms with van der Waals surface area (Å²) in [6, 6.07) is 14.7. The zero-order valence-electron chi connectivity index (χ0n) is 16.3. The highest BCUT2D eigenvalue weighted by atomic mass is 35.5. The Morgan fingerprint density at radius 3 is 2.63 bits per heavy atom. The second kappa shape index (κ2) is 9.23. The zero-order chi connectivity index (χ0) is 21.7. The number of nitro groups is 1. The molecule has 0 atom stereocenters. The Bertz CT molecular complexity index is 1090. The van der Waals surface area contributed by atoms with Crippen molar-refractivity contribution in [2.45, 2.75) is 6.54 Å². The van der Waals surface area contributed by atoms with Gasteiger partial charge in [0.1, 0.15) is 11.6 Å². The fourth-order valence-electron chi connectivity index (χ4n) is 2.66. The molecule has 30 heavy (non-hydrogen) atoms. The number of pyridine rings is 1. The first kappa shape index (κ1) is 21.1. The molecule has 0 saturated heterocycles. The van der Waals surface area contributed by atoms with E-state index in [0.29, 0.717) is 27.7 Å². The predicted octanol–water partition coefficient (Wildman–Crippen LogP) is 4.75. The van der Waals surface area contributed by atoms with E-state index in [1.165, 1.54) is 23.2 Å². The Balaban J connectivity index is 1.77. The Morgan fingerprint density at radius 2 is 1.93 bits per heavy atom. The molecule has 0 bridgehead atoms. The van der Waals surface area contributed by atoms with Crippen LogP contribution < -0.4 is 10.1 Å². The summed E-state index contributed by atoms with van der Waals surface area (Å²) >= 11 is 6.07. The average molecular weight is 427 g/mol. The van der Waals surface area contributed by atoms with E-state index in [4.69, 9.17) is 16.3 Å². The molecule has 9 heteroatoms. The number of nitro benzene ring substituents is 1. The molecule has 0 aliphatic rings. The fourth-order valence-corrected chi connectivity index (χ4v) is 2.83. The molecule has 0 saturated carbocycles. The maximum absolute atomic E-state index is 12.1. The lowest BCUT2D eigenvalue weighted by Crippen LogP contribution is -2.21. The van der Waals surface area contributed by atoms with Gasteiger partial charge in [0.2, 0.25) is 5.75 Å². The number of hydrogen-bond donors (Lipinski definition) is 1. The van der Waals surface area contributed by atoms with Crippen molar-refractivity contribution in [3.63, 3.8) is 0 Å². The minimum absolute atomic E-state index is 0.0913. The first-order valence-electron chi connectivity index (χ1n) is 8.96. The van der Waals surface area contributed by atoms with E-state index in [0.717, 1.165) is 0 Å². The highest BCUT2D eigenvalue weighted by Gasteiger charge is 2.18. The molecular formula is C21H19ClN4O4. The maximum Gasteiger partial charge on any atom is 0.311 e. The van der Waals surface area contributed by atoms with Gasteiger partial charge in [0.05, 0.1) is 9.95 Å². The molecule has 0 spiro atoms. The summed E-state index contributed by atoms with van der Waals surface area (Å²) in [4.78, 5) is 28.7. The predicted molar refractivity (Wildman–Crippen MR) is 114 cm³/mol. The Hall–Kier alpha value is -3.65. The highest BCUT2D eigenvalue weighted by Crippen LogP contribution is 2.35. The van der Waals surface area contributed by atoms with Crippen LogP contribution in [-0.2, 0) is 6.54 Å². The van der Waals surface area contributed by atoms with Crippen LogP contribution in [0.4, 0.5) is 11.5 Å². The number of para-hydroxylation sites is 1. The van der Waals surface area contributed by atoms with E-state index >= 15 is 0 Å². The molecule has 0 aliphatic carbocycles. The van der Waals surface area contributed by atoms with Crippen LogP contribution in [0.5, 0.6) is 11.5 Å². The Labute approximate surface area is 178 Å². The summed E-state index contributed by atoms with van der Waals surface area (Å²) < 4.78 is 5.64. The third kappa shape index (κ3) is 5.03. The van der Waals surface area contributed by atoms with E-state index in [1.807, 2.05) is 0 Å². The summed E-state index contributed by atoms with van der Waals surface area (Å²) in [5.41, 5.74) is 0.963. The number of benzene rings is 2. The molecule has 0 radical (unpaired) electrons. The number of nitrogens with zero attached hydrogens (tertiary/aromatic N) is 3. The number of hydrogen-bond acceptors (Lipinski definition) is 6. The van der Waals surface area contributed by atoms with Gasteiger partial charge < -0.3 is 15.0 Å². The van der Waals surface area contributed by atoms with Gasteiger partial charge in [-0.05, 0) is 35.9 Å². The summed E-state index contributed by atoms with van der Waals surface area (Å²) in [5.74, 6) is 0.771.